The van der Waals surface area contributed by atoms with E-state index in [1.165, 1.54) is 9.47 Å². The van der Waals surface area contributed by atoms with Crippen molar-refractivity contribution < 1.29 is 98.0 Å². The van der Waals surface area contributed by atoms with E-state index < -0.39 is 67.1 Å². The van der Waals surface area contributed by atoms with Gasteiger partial charge in [-0.25, -0.2) is 27.4 Å². The standard InChI is InChI=1S/C13H6F18O4/c1-2-4-3-5(14,15)6(4,16)32-7(17,18)8(19,20)33-9(21,22)10(23,24)34-11(25,26)12(27,28)35-13(29,30)31/h2,4H,1,3H2/t4-,6-/m0/s1. The Morgan fingerprint density at radius 3 is 1.17 bits per heavy atom. The van der Waals surface area contributed by atoms with Gasteiger partial charge < -0.3 is 0 Å². The van der Waals surface area contributed by atoms with Crippen molar-refractivity contribution in [3.8, 4) is 0 Å². The topological polar surface area (TPSA) is 36.9 Å². The Labute approximate surface area is 179 Å². The van der Waals surface area contributed by atoms with Crippen LogP contribution >= 0.6 is 0 Å². The maximum atomic E-state index is 14.0. The summed E-state index contributed by atoms with van der Waals surface area (Å²) in [5.41, 5.74) is 0. The summed E-state index contributed by atoms with van der Waals surface area (Å²) in [5.74, 6) is -12.7. The van der Waals surface area contributed by atoms with Crippen molar-refractivity contribution in [3.63, 3.8) is 0 Å². The second-order valence-corrected chi connectivity index (χ2v) is 6.35. The fraction of sp³-hybridized carbons (Fsp3) is 0.846. The zero-order chi connectivity index (χ0) is 28.3. The molecule has 0 bridgehead atoms. The molecule has 22 heteroatoms. The minimum atomic E-state index is -7.61. The average molecular weight is 568 g/mol. The van der Waals surface area contributed by atoms with E-state index in [2.05, 4.69) is 11.3 Å². The van der Waals surface area contributed by atoms with Crippen LogP contribution in [0.3, 0.4) is 0 Å². The van der Waals surface area contributed by atoms with Crippen LogP contribution in [0.1, 0.15) is 6.42 Å². The summed E-state index contributed by atoms with van der Waals surface area (Å²) in [6.45, 7) is 2.64. The van der Waals surface area contributed by atoms with Gasteiger partial charge in [0.1, 0.15) is 0 Å². The molecule has 0 amide bonds. The molecule has 0 heterocycles. The summed E-state index contributed by atoms with van der Waals surface area (Å²) in [6, 6.07) is 0. The third kappa shape index (κ3) is 5.84. The van der Waals surface area contributed by atoms with Crippen LogP contribution in [-0.4, -0.2) is 54.8 Å². The molecule has 1 fully saturated rings. The zero-order valence-corrected chi connectivity index (χ0v) is 15.5. The molecule has 0 saturated heterocycles. The molecule has 1 aliphatic rings. The predicted octanol–water partition coefficient (Wildman–Crippen LogP) is 6.64. The van der Waals surface area contributed by atoms with Crippen LogP contribution in [0.2, 0.25) is 0 Å². The average Bonchev–Trinajstić information content (AvgIpc) is 2.54. The highest BCUT2D eigenvalue weighted by molar-refractivity contribution is 5.11. The summed E-state index contributed by atoms with van der Waals surface area (Å²) >= 11 is 0. The molecule has 1 aliphatic carbocycles. The fourth-order valence-corrected chi connectivity index (χ4v) is 2.08. The Morgan fingerprint density at radius 1 is 0.571 bits per heavy atom. The molecule has 0 spiro atoms. The second kappa shape index (κ2) is 8.43. The first-order chi connectivity index (χ1) is 15.0. The number of ether oxygens (including phenoxy) is 4. The number of rotatable bonds is 11. The van der Waals surface area contributed by atoms with Crippen molar-refractivity contribution >= 4 is 0 Å². The lowest BCUT2D eigenvalue weighted by Gasteiger charge is -2.49. The van der Waals surface area contributed by atoms with Crippen LogP contribution < -0.4 is 0 Å². The van der Waals surface area contributed by atoms with Crippen molar-refractivity contribution in [1.82, 2.24) is 0 Å². The van der Waals surface area contributed by atoms with E-state index in [0.29, 0.717) is 0 Å². The molecule has 1 saturated carbocycles. The van der Waals surface area contributed by atoms with E-state index in [-0.39, 0.29) is 6.08 Å². The van der Waals surface area contributed by atoms with Gasteiger partial charge in [0.05, 0.1) is 0 Å². The normalized spacial score (nSPS) is 24.8. The first-order valence-electron chi connectivity index (χ1n) is 7.83. The van der Waals surface area contributed by atoms with Crippen molar-refractivity contribution in [1.29, 1.82) is 0 Å². The number of hydrogen-bond acceptors (Lipinski definition) is 4. The SMILES string of the molecule is C=C[C@H]1CC(F)(F)[C@@]1(F)OC(F)(F)C(F)(F)OC(F)(F)C(F)(F)OC(F)(F)C(F)(F)OC(F)(F)F. The van der Waals surface area contributed by atoms with E-state index in [1.807, 2.05) is 0 Å². The van der Waals surface area contributed by atoms with Crippen LogP contribution in [0.4, 0.5) is 79.0 Å². The number of alkyl halides is 18. The van der Waals surface area contributed by atoms with E-state index in [0.717, 1.165) is 0 Å². The third-order valence-corrected chi connectivity index (χ3v) is 3.79. The van der Waals surface area contributed by atoms with Crippen LogP contribution in [0.5, 0.6) is 0 Å². The summed E-state index contributed by atoms with van der Waals surface area (Å²) in [7, 11) is 0. The summed E-state index contributed by atoms with van der Waals surface area (Å²) in [5, 5.41) is 0. The Kier molecular flexibility index (Phi) is 7.55. The lowest BCUT2D eigenvalue weighted by molar-refractivity contribution is -0.583. The zero-order valence-electron chi connectivity index (χ0n) is 15.5. The second-order valence-electron chi connectivity index (χ2n) is 6.35. The molecule has 0 unspecified atom stereocenters. The molecule has 1 rings (SSSR count). The Bertz CT molecular complexity index is 792. The van der Waals surface area contributed by atoms with Crippen molar-refractivity contribution in [2.45, 2.75) is 61.2 Å². The fourth-order valence-electron chi connectivity index (χ4n) is 2.08. The van der Waals surface area contributed by atoms with Gasteiger partial charge in [0.25, 0.3) is 5.85 Å². The first kappa shape index (κ1) is 31.4. The van der Waals surface area contributed by atoms with Gasteiger partial charge in [-0.05, 0) is 0 Å². The van der Waals surface area contributed by atoms with Gasteiger partial charge in [0.15, 0.2) is 0 Å². The van der Waals surface area contributed by atoms with E-state index >= 15 is 0 Å². The summed E-state index contributed by atoms with van der Waals surface area (Å²) < 4.78 is 240. The summed E-state index contributed by atoms with van der Waals surface area (Å²) in [6.07, 6.45) is -52.6. The minimum Gasteiger partial charge on any atom is -0.269 e. The van der Waals surface area contributed by atoms with E-state index in [1.54, 1.807) is 4.74 Å². The lowest BCUT2D eigenvalue weighted by atomic mass is 9.75. The Balaban J connectivity index is 3.19. The van der Waals surface area contributed by atoms with E-state index in [4.69, 9.17) is 0 Å². The molecule has 0 aromatic carbocycles. The largest absolute Gasteiger partial charge is 0.527 e. The molecular weight excluding hydrogens is 562 g/mol. The third-order valence-electron chi connectivity index (χ3n) is 3.79. The molecule has 4 nitrogen and oxygen atoms in total. The molecule has 0 aliphatic heterocycles. The van der Waals surface area contributed by atoms with Gasteiger partial charge in [-0.15, -0.1) is 19.8 Å². The maximum Gasteiger partial charge on any atom is 0.527 e. The van der Waals surface area contributed by atoms with E-state index in [9.17, 15) is 79.0 Å². The molecular formula is C13H6F18O4. The van der Waals surface area contributed by atoms with Crippen molar-refractivity contribution in [3.05, 3.63) is 12.7 Å². The highest BCUT2D eigenvalue weighted by atomic mass is 19.4. The molecule has 35 heavy (non-hydrogen) atoms. The van der Waals surface area contributed by atoms with Gasteiger partial charge in [-0.1, -0.05) is 6.08 Å². The smallest absolute Gasteiger partial charge is 0.269 e. The van der Waals surface area contributed by atoms with Crippen LogP contribution in [0.15, 0.2) is 12.7 Å². The van der Waals surface area contributed by atoms with Gasteiger partial charge in [0.2, 0.25) is 0 Å². The lowest BCUT2D eigenvalue weighted by Crippen LogP contribution is -2.67. The molecule has 0 aromatic heterocycles. The minimum absolute atomic E-state index is 0.106. The Hall–Kier alpha value is -1.68. The number of halogens is 18. The molecule has 0 aromatic rings. The van der Waals surface area contributed by atoms with Crippen molar-refractivity contribution in [2.24, 2.45) is 5.92 Å². The molecule has 0 radical (unpaired) electrons. The van der Waals surface area contributed by atoms with Crippen LogP contribution in [-0.2, 0) is 18.9 Å². The molecule has 2 atom stereocenters. The van der Waals surface area contributed by atoms with Gasteiger partial charge in [-0.2, -0.15) is 52.7 Å². The monoisotopic (exact) mass is 568 g/mol. The predicted molar refractivity (Wildman–Crippen MR) is 67.2 cm³/mol. The first-order valence-corrected chi connectivity index (χ1v) is 7.83. The van der Waals surface area contributed by atoms with Crippen LogP contribution in [0, 0.1) is 5.92 Å². The van der Waals surface area contributed by atoms with Crippen LogP contribution in [0.25, 0.3) is 0 Å². The Morgan fingerprint density at radius 2 is 0.886 bits per heavy atom. The van der Waals surface area contributed by atoms with Gasteiger partial charge >= 0.3 is 48.9 Å². The highest BCUT2D eigenvalue weighted by Gasteiger charge is 2.80. The summed E-state index contributed by atoms with van der Waals surface area (Å²) in [4.78, 5) is 0. The quantitative estimate of drug-likeness (QED) is 0.207. The van der Waals surface area contributed by atoms with Crippen molar-refractivity contribution in [2.75, 3.05) is 0 Å². The molecule has 208 valence electrons. The maximum absolute atomic E-state index is 14.0. The molecule has 0 N–H and O–H groups in total. The number of hydrogen-bond donors (Lipinski definition) is 0. The highest BCUT2D eigenvalue weighted by Crippen LogP contribution is 2.59. The van der Waals surface area contributed by atoms with Gasteiger partial charge in [0, 0.05) is 12.3 Å². The van der Waals surface area contributed by atoms with Gasteiger partial charge in [-0.3, -0.25) is 4.74 Å².